The zero-order valence-electron chi connectivity index (χ0n) is 8.43. The number of hydrogen-bond acceptors (Lipinski definition) is 2. The van der Waals surface area contributed by atoms with Gasteiger partial charge in [0, 0.05) is 17.1 Å². The number of halogens is 1. The smallest absolute Gasteiger partial charge is 0.115 e. The number of phenolic OH excluding ortho intramolecular Hbond substituents is 2. The van der Waals surface area contributed by atoms with Crippen molar-refractivity contribution in [3.05, 3.63) is 60.7 Å². The van der Waals surface area contributed by atoms with Crippen molar-refractivity contribution in [2.75, 3.05) is 0 Å². The Balaban J connectivity index is 0. The third-order valence-electron chi connectivity index (χ3n) is 1.51. The van der Waals surface area contributed by atoms with Crippen LogP contribution in [0.3, 0.4) is 0 Å². The molecule has 0 amide bonds. The van der Waals surface area contributed by atoms with Crippen molar-refractivity contribution in [1.82, 2.24) is 0 Å². The summed E-state index contributed by atoms with van der Waals surface area (Å²) < 4.78 is 0. The van der Waals surface area contributed by atoms with Gasteiger partial charge in [0.1, 0.15) is 11.5 Å². The Morgan fingerprint density at radius 3 is 0.938 bits per heavy atom. The van der Waals surface area contributed by atoms with E-state index in [0.29, 0.717) is 11.5 Å². The third kappa shape index (κ3) is 8.18. The maximum absolute atomic E-state index is 8.63. The van der Waals surface area contributed by atoms with Crippen molar-refractivity contribution in [2.45, 2.75) is 0 Å². The first-order chi connectivity index (χ1) is 6.79. The normalized spacial score (nSPS) is 7.50. The molecular weight excluding hydrogens is 267 g/mol. The second kappa shape index (κ2) is 10.4. The first kappa shape index (κ1) is 17.3. The van der Waals surface area contributed by atoms with Crippen LogP contribution in [-0.4, -0.2) is 10.2 Å². The van der Waals surface area contributed by atoms with Gasteiger partial charge in [0.15, 0.2) is 0 Å². The minimum Gasteiger partial charge on any atom is -0.508 e. The molecule has 0 bridgehead atoms. The fourth-order valence-electron chi connectivity index (χ4n) is 0.856. The first-order valence-electron chi connectivity index (χ1n) is 4.27. The van der Waals surface area contributed by atoms with Gasteiger partial charge in [-0.3, -0.25) is 0 Å². The van der Waals surface area contributed by atoms with Gasteiger partial charge in [0.2, 0.25) is 0 Å². The van der Waals surface area contributed by atoms with Gasteiger partial charge < -0.3 is 10.2 Å². The van der Waals surface area contributed by atoms with Crippen LogP contribution >= 0.6 is 12.4 Å². The van der Waals surface area contributed by atoms with Gasteiger partial charge >= 0.3 is 0 Å². The second-order valence-electron chi connectivity index (χ2n) is 2.67. The van der Waals surface area contributed by atoms with Gasteiger partial charge in [0.05, 0.1) is 0 Å². The van der Waals surface area contributed by atoms with E-state index >= 15 is 0 Å². The fourth-order valence-corrected chi connectivity index (χ4v) is 0.856. The predicted molar refractivity (Wildman–Crippen MR) is 63.5 cm³/mol. The van der Waals surface area contributed by atoms with Crippen LogP contribution in [0.4, 0.5) is 0 Å². The summed E-state index contributed by atoms with van der Waals surface area (Å²) in [4.78, 5) is 0. The molecule has 0 spiro atoms. The molecule has 0 aliphatic rings. The van der Waals surface area contributed by atoms with E-state index in [-0.39, 0.29) is 29.5 Å². The largest absolute Gasteiger partial charge is 0.508 e. The molecule has 0 aromatic heterocycles. The number of benzene rings is 2. The van der Waals surface area contributed by atoms with E-state index in [1.54, 1.807) is 48.5 Å². The molecule has 88 valence electrons. The molecular formula is C12H13ClFeO2. The molecule has 0 radical (unpaired) electrons. The molecule has 0 aliphatic heterocycles. The van der Waals surface area contributed by atoms with Crippen LogP contribution in [0.2, 0.25) is 0 Å². The van der Waals surface area contributed by atoms with Crippen LogP contribution in [0.5, 0.6) is 11.5 Å². The zero-order chi connectivity index (χ0) is 10.2. The van der Waals surface area contributed by atoms with Gasteiger partial charge in [-0.15, -0.1) is 12.4 Å². The number of aromatic hydroxyl groups is 2. The molecule has 0 saturated heterocycles. The first-order valence-corrected chi connectivity index (χ1v) is 4.27. The van der Waals surface area contributed by atoms with E-state index in [1.165, 1.54) is 0 Å². The predicted octanol–water partition coefficient (Wildman–Crippen LogP) is 3.20. The Hall–Kier alpha value is -1.15. The van der Waals surface area contributed by atoms with Crippen molar-refractivity contribution >= 4 is 12.4 Å². The maximum Gasteiger partial charge on any atom is 0.115 e. The van der Waals surface area contributed by atoms with Crippen molar-refractivity contribution < 1.29 is 27.3 Å². The number of hydrogen-bond donors (Lipinski definition) is 2. The average Bonchev–Trinajstić information content (AvgIpc) is 2.21. The van der Waals surface area contributed by atoms with E-state index in [2.05, 4.69) is 0 Å². The number of para-hydroxylation sites is 2. The number of rotatable bonds is 0. The zero-order valence-corrected chi connectivity index (χ0v) is 10.4. The minimum absolute atomic E-state index is 0. The fraction of sp³-hybridized carbons (Fsp3) is 0. The van der Waals surface area contributed by atoms with Gasteiger partial charge in [-0.2, -0.15) is 0 Å². The number of phenols is 2. The Morgan fingerprint density at radius 2 is 0.812 bits per heavy atom. The summed E-state index contributed by atoms with van der Waals surface area (Å²) in [6.45, 7) is 0. The van der Waals surface area contributed by atoms with Crippen LogP contribution in [0.25, 0.3) is 0 Å². The van der Waals surface area contributed by atoms with E-state index in [9.17, 15) is 0 Å². The molecule has 2 N–H and O–H groups in total. The third-order valence-corrected chi connectivity index (χ3v) is 1.51. The SMILES string of the molecule is Cl.Oc1ccccc1.Oc1ccccc1.[Fe]. The monoisotopic (exact) mass is 280 g/mol. The molecule has 0 heterocycles. The topological polar surface area (TPSA) is 40.5 Å². The Kier molecular flexibility index (Phi) is 11.2. The summed E-state index contributed by atoms with van der Waals surface area (Å²) in [6, 6.07) is 17.4. The summed E-state index contributed by atoms with van der Waals surface area (Å²) >= 11 is 0. The summed E-state index contributed by atoms with van der Waals surface area (Å²) in [6.07, 6.45) is 0. The van der Waals surface area contributed by atoms with Gasteiger partial charge in [-0.25, -0.2) is 0 Å². The van der Waals surface area contributed by atoms with Crippen LogP contribution in [0.15, 0.2) is 60.7 Å². The molecule has 2 nitrogen and oxygen atoms in total. The summed E-state index contributed by atoms with van der Waals surface area (Å²) in [5.41, 5.74) is 0. The molecule has 0 unspecified atom stereocenters. The second-order valence-corrected chi connectivity index (χ2v) is 2.67. The Labute approximate surface area is 112 Å². The van der Waals surface area contributed by atoms with Crippen LogP contribution in [-0.2, 0) is 17.1 Å². The van der Waals surface area contributed by atoms with Crippen molar-refractivity contribution in [1.29, 1.82) is 0 Å². The van der Waals surface area contributed by atoms with E-state index in [0.717, 1.165) is 0 Å². The molecule has 0 saturated carbocycles. The van der Waals surface area contributed by atoms with Crippen LogP contribution < -0.4 is 0 Å². The summed E-state index contributed by atoms with van der Waals surface area (Å²) in [5.74, 6) is 0.644. The Morgan fingerprint density at radius 1 is 0.562 bits per heavy atom. The molecule has 4 heteroatoms. The van der Waals surface area contributed by atoms with Crippen molar-refractivity contribution in [2.24, 2.45) is 0 Å². The van der Waals surface area contributed by atoms with E-state index in [4.69, 9.17) is 10.2 Å². The van der Waals surface area contributed by atoms with Crippen molar-refractivity contribution in [3.8, 4) is 11.5 Å². The Bertz CT molecular complexity index is 316. The molecule has 0 aliphatic carbocycles. The van der Waals surface area contributed by atoms with Gasteiger partial charge in [-0.05, 0) is 24.3 Å². The molecule has 0 fully saturated rings. The van der Waals surface area contributed by atoms with Crippen LogP contribution in [0.1, 0.15) is 0 Å². The van der Waals surface area contributed by atoms with Crippen molar-refractivity contribution in [3.63, 3.8) is 0 Å². The minimum atomic E-state index is 0. The van der Waals surface area contributed by atoms with E-state index < -0.39 is 0 Å². The van der Waals surface area contributed by atoms with Gasteiger partial charge in [-0.1, -0.05) is 36.4 Å². The summed E-state index contributed by atoms with van der Waals surface area (Å²) in [7, 11) is 0. The summed E-state index contributed by atoms with van der Waals surface area (Å²) in [5, 5.41) is 17.3. The van der Waals surface area contributed by atoms with Gasteiger partial charge in [0.25, 0.3) is 0 Å². The van der Waals surface area contributed by atoms with Crippen LogP contribution in [0, 0.1) is 0 Å². The maximum atomic E-state index is 8.63. The average molecular weight is 281 g/mol. The van der Waals surface area contributed by atoms with E-state index in [1.807, 2.05) is 12.1 Å². The molecule has 16 heavy (non-hydrogen) atoms. The molecule has 0 atom stereocenters. The quantitative estimate of drug-likeness (QED) is 0.728. The molecule has 2 aromatic rings. The standard InChI is InChI=1S/2C6H6O.ClH.Fe/c2*7-6-4-2-1-3-5-6;;/h2*1-5,7H;1H;. The molecule has 2 rings (SSSR count). The molecule has 2 aromatic carbocycles.